The normalized spacial score (nSPS) is 13.7. The summed E-state index contributed by atoms with van der Waals surface area (Å²) >= 11 is 0. The molecule has 10 heteroatoms. The van der Waals surface area contributed by atoms with Gasteiger partial charge in [-0.1, -0.05) is 0 Å². The summed E-state index contributed by atoms with van der Waals surface area (Å²) in [6.07, 6.45) is 0. The van der Waals surface area contributed by atoms with Crippen molar-refractivity contribution in [2.24, 2.45) is 0 Å². The Kier molecular flexibility index (Phi) is 6.35. The highest BCUT2D eigenvalue weighted by Gasteiger charge is 2.35. The van der Waals surface area contributed by atoms with Gasteiger partial charge >= 0.3 is 11.9 Å². The van der Waals surface area contributed by atoms with Crippen LogP contribution in [0.1, 0.15) is 10.4 Å². The van der Waals surface area contributed by atoms with Crippen LogP contribution >= 0.6 is 0 Å². The largest absolute Gasteiger partial charge is 0.494 e. The van der Waals surface area contributed by atoms with E-state index in [1.165, 1.54) is 12.0 Å². The number of nitrogens with zero attached hydrogens (tertiary/aromatic N) is 1. The van der Waals surface area contributed by atoms with Crippen LogP contribution in [0.3, 0.4) is 0 Å². The van der Waals surface area contributed by atoms with Gasteiger partial charge in [-0.05, 0) is 6.07 Å². The molecule has 0 fully saturated rings. The minimum atomic E-state index is -0.867. The van der Waals surface area contributed by atoms with Gasteiger partial charge in [0.2, 0.25) is 0 Å². The number of rotatable bonds is 7. The number of amides is 1. The third kappa shape index (κ3) is 4.00. The Balaban J connectivity index is 2.56. The number of halogens is 1. The van der Waals surface area contributed by atoms with Crippen molar-refractivity contribution >= 4 is 23.5 Å². The lowest BCUT2D eigenvalue weighted by Crippen LogP contribution is -2.31. The molecule has 1 aromatic rings. The van der Waals surface area contributed by atoms with E-state index >= 15 is 0 Å². The van der Waals surface area contributed by atoms with Gasteiger partial charge in [0.25, 0.3) is 5.91 Å². The lowest BCUT2D eigenvalue weighted by molar-refractivity contribution is -0.136. The number of esters is 2. The molecule has 0 unspecified atom stereocenters. The summed E-state index contributed by atoms with van der Waals surface area (Å²) in [5, 5.41) is 11.8. The van der Waals surface area contributed by atoms with Gasteiger partial charge in [0.15, 0.2) is 0 Å². The number of hydrogen-bond donors (Lipinski definition) is 2. The molecule has 9 nitrogen and oxygen atoms in total. The van der Waals surface area contributed by atoms with Crippen LogP contribution < -0.4 is 10.1 Å². The molecule has 0 aliphatic carbocycles. The van der Waals surface area contributed by atoms with Crippen LogP contribution in [0, 0.1) is 5.82 Å². The first-order valence-electron chi connectivity index (χ1n) is 7.82. The van der Waals surface area contributed by atoms with E-state index < -0.39 is 23.7 Å². The number of ether oxygens (including phenoxy) is 3. The van der Waals surface area contributed by atoms with Crippen LogP contribution in [0.15, 0.2) is 23.4 Å². The SMILES string of the molecule is COC(=O)C1=C(Nc2c(OC)cc(F)cc2C(=O)OC)C(=O)N(CCO)C1. The van der Waals surface area contributed by atoms with Crippen LogP contribution in [0.25, 0.3) is 0 Å². The molecule has 0 spiro atoms. The molecule has 2 N–H and O–H groups in total. The third-order valence-corrected chi connectivity index (χ3v) is 3.90. The first kappa shape index (κ1) is 20.2. The second-order valence-electron chi connectivity index (χ2n) is 5.44. The number of carbonyl (C=O) groups excluding carboxylic acids is 3. The summed E-state index contributed by atoms with van der Waals surface area (Å²) < 4.78 is 28.2. The fourth-order valence-corrected chi connectivity index (χ4v) is 2.62. The molecule has 0 saturated heterocycles. The maximum atomic E-state index is 13.8. The number of β-amino-alcohol motifs (C(OH)–C–C–N with tert-alkyl or cyclic N) is 1. The molecule has 0 radical (unpaired) electrons. The van der Waals surface area contributed by atoms with E-state index in [0.29, 0.717) is 0 Å². The van der Waals surface area contributed by atoms with Crippen molar-refractivity contribution in [1.82, 2.24) is 4.90 Å². The fraction of sp³-hybridized carbons (Fsp3) is 0.353. The highest BCUT2D eigenvalue weighted by Crippen LogP contribution is 2.33. The summed E-state index contributed by atoms with van der Waals surface area (Å²) in [5.41, 5.74) is -0.427. The summed E-state index contributed by atoms with van der Waals surface area (Å²) in [7, 11) is 3.53. The Morgan fingerprint density at radius 1 is 1.22 bits per heavy atom. The molecule has 1 heterocycles. The van der Waals surface area contributed by atoms with E-state index in [1.807, 2.05) is 0 Å². The molecule has 146 valence electrons. The number of benzene rings is 1. The van der Waals surface area contributed by atoms with Gasteiger partial charge < -0.3 is 29.5 Å². The van der Waals surface area contributed by atoms with Gasteiger partial charge in [-0.25, -0.2) is 14.0 Å². The third-order valence-electron chi connectivity index (χ3n) is 3.90. The molecule has 2 rings (SSSR count). The highest BCUT2D eigenvalue weighted by atomic mass is 19.1. The van der Waals surface area contributed by atoms with Crippen molar-refractivity contribution in [3.8, 4) is 5.75 Å². The Morgan fingerprint density at radius 3 is 2.44 bits per heavy atom. The van der Waals surface area contributed by atoms with Gasteiger partial charge in [-0.15, -0.1) is 0 Å². The van der Waals surface area contributed by atoms with Crippen molar-refractivity contribution in [2.75, 3.05) is 46.3 Å². The number of hydrogen-bond acceptors (Lipinski definition) is 8. The second kappa shape index (κ2) is 8.49. The van der Waals surface area contributed by atoms with Gasteiger partial charge in [-0.2, -0.15) is 0 Å². The molecular formula is C17H19FN2O7. The predicted octanol–water partition coefficient (Wildman–Crippen LogP) is 0.294. The summed E-state index contributed by atoms with van der Waals surface area (Å²) in [4.78, 5) is 37.9. The van der Waals surface area contributed by atoms with Crippen LogP contribution in [-0.4, -0.2) is 68.9 Å². The van der Waals surface area contributed by atoms with E-state index in [2.05, 4.69) is 10.1 Å². The van der Waals surface area contributed by atoms with E-state index in [0.717, 1.165) is 26.4 Å². The zero-order valence-corrected chi connectivity index (χ0v) is 15.0. The maximum absolute atomic E-state index is 13.8. The molecule has 0 atom stereocenters. The standard InChI is InChI=1S/C17H19FN2O7/c1-25-12-7-9(18)6-10(16(23)26-2)13(12)19-14-11(17(24)27-3)8-20(4-5-21)15(14)22/h6-7,19,21H,4-5,8H2,1-3H3. The number of anilines is 1. The summed E-state index contributed by atoms with van der Waals surface area (Å²) in [5.74, 6) is -3.04. The number of aliphatic hydroxyl groups is 1. The van der Waals surface area contributed by atoms with Gasteiger partial charge in [-0.3, -0.25) is 4.79 Å². The molecule has 1 amide bonds. The van der Waals surface area contributed by atoms with Gasteiger partial charge in [0.05, 0.1) is 51.3 Å². The quantitative estimate of drug-likeness (QED) is 0.647. The lowest BCUT2D eigenvalue weighted by atomic mass is 10.1. The molecule has 0 aromatic heterocycles. The lowest BCUT2D eigenvalue weighted by Gasteiger charge is -2.17. The molecule has 1 aromatic carbocycles. The monoisotopic (exact) mass is 382 g/mol. The Morgan fingerprint density at radius 2 is 1.89 bits per heavy atom. The van der Waals surface area contributed by atoms with E-state index in [9.17, 15) is 18.8 Å². The second-order valence-corrected chi connectivity index (χ2v) is 5.44. The van der Waals surface area contributed by atoms with E-state index in [4.69, 9.17) is 14.6 Å². The average molecular weight is 382 g/mol. The van der Waals surface area contributed by atoms with Crippen molar-refractivity contribution in [3.05, 3.63) is 34.8 Å². The molecule has 27 heavy (non-hydrogen) atoms. The molecule has 0 bridgehead atoms. The first-order valence-corrected chi connectivity index (χ1v) is 7.82. The zero-order chi connectivity index (χ0) is 20.1. The Bertz CT molecular complexity index is 807. The van der Waals surface area contributed by atoms with Crippen LogP contribution in [0.4, 0.5) is 10.1 Å². The van der Waals surface area contributed by atoms with Crippen molar-refractivity contribution < 1.29 is 38.1 Å². The van der Waals surface area contributed by atoms with E-state index in [-0.39, 0.29) is 48.0 Å². The zero-order valence-electron chi connectivity index (χ0n) is 15.0. The van der Waals surface area contributed by atoms with Crippen LogP contribution in [0.2, 0.25) is 0 Å². The van der Waals surface area contributed by atoms with Crippen molar-refractivity contribution in [1.29, 1.82) is 0 Å². The van der Waals surface area contributed by atoms with Crippen LogP contribution in [-0.2, 0) is 19.1 Å². The first-order chi connectivity index (χ1) is 12.9. The number of carbonyl (C=O) groups is 3. The number of aliphatic hydroxyl groups excluding tert-OH is 1. The average Bonchev–Trinajstić information content (AvgIpc) is 2.97. The van der Waals surface area contributed by atoms with Crippen molar-refractivity contribution in [2.45, 2.75) is 0 Å². The predicted molar refractivity (Wildman–Crippen MR) is 90.6 cm³/mol. The highest BCUT2D eigenvalue weighted by molar-refractivity contribution is 6.10. The van der Waals surface area contributed by atoms with Crippen molar-refractivity contribution in [3.63, 3.8) is 0 Å². The minimum Gasteiger partial charge on any atom is -0.494 e. The fourth-order valence-electron chi connectivity index (χ4n) is 2.62. The Labute approximate surface area is 154 Å². The van der Waals surface area contributed by atoms with E-state index in [1.54, 1.807) is 0 Å². The Hall–Kier alpha value is -3.14. The van der Waals surface area contributed by atoms with Gasteiger partial charge in [0.1, 0.15) is 17.3 Å². The molecule has 1 aliphatic heterocycles. The number of methoxy groups -OCH3 is 3. The molecule has 1 aliphatic rings. The molecule has 0 saturated carbocycles. The summed E-state index contributed by atoms with van der Waals surface area (Å²) in [6, 6.07) is 1.93. The maximum Gasteiger partial charge on any atom is 0.340 e. The summed E-state index contributed by atoms with van der Waals surface area (Å²) in [6.45, 7) is -0.402. The van der Waals surface area contributed by atoms with Crippen LogP contribution in [0.5, 0.6) is 5.75 Å². The van der Waals surface area contributed by atoms with Gasteiger partial charge in [0, 0.05) is 12.6 Å². The number of nitrogens with one attached hydrogen (secondary N) is 1. The topological polar surface area (TPSA) is 114 Å². The molecular weight excluding hydrogens is 363 g/mol. The smallest absolute Gasteiger partial charge is 0.340 e. The minimum absolute atomic E-state index is 0.00172.